The third kappa shape index (κ3) is 3.64. The van der Waals surface area contributed by atoms with Gasteiger partial charge >= 0.3 is 6.18 Å². The Kier molecular flexibility index (Phi) is 4.54. The molecule has 3 unspecified atom stereocenters. The van der Waals surface area contributed by atoms with Crippen LogP contribution in [-0.4, -0.2) is 24.9 Å². The summed E-state index contributed by atoms with van der Waals surface area (Å²) in [5, 5.41) is 3.07. The number of hydrogen-bond acceptors (Lipinski definition) is 2. The summed E-state index contributed by atoms with van der Waals surface area (Å²) < 4.78 is 44.0. The average Bonchev–Trinajstić information content (AvgIpc) is 2.37. The van der Waals surface area contributed by atoms with Gasteiger partial charge in [0.25, 0.3) is 0 Å². The first-order chi connectivity index (χ1) is 8.57. The lowest BCUT2D eigenvalue weighted by molar-refractivity contribution is -0.189. The summed E-state index contributed by atoms with van der Waals surface area (Å²) >= 11 is 0. The summed E-state index contributed by atoms with van der Waals surface area (Å²) in [7, 11) is 0. The van der Waals surface area contributed by atoms with Crippen LogP contribution < -0.4 is 5.32 Å². The highest BCUT2D eigenvalue weighted by atomic mass is 19.4. The van der Waals surface area contributed by atoms with E-state index in [9.17, 15) is 13.2 Å². The number of allylic oxidation sites excluding steroid dienone is 1. The molecule has 0 radical (unpaired) electrons. The molecular weight excluding hydrogens is 243 g/mol. The second-order valence-corrected chi connectivity index (χ2v) is 5.15. The zero-order valence-corrected chi connectivity index (χ0v) is 10.4. The van der Waals surface area contributed by atoms with Gasteiger partial charge in [0.15, 0.2) is 0 Å². The fraction of sp³-hybridized carbons (Fsp3) is 0.846. The van der Waals surface area contributed by atoms with Gasteiger partial charge in [-0.05, 0) is 31.8 Å². The van der Waals surface area contributed by atoms with Gasteiger partial charge in [0, 0.05) is 12.6 Å². The Labute approximate surface area is 106 Å². The molecule has 0 spiro atoms. The van der Waals surface area contributed by atoms with Gasteiger partial charge in [0.05, 0.1) is 12.2 Å². The molecule has 0 aromatic carbocycles. The minimum Gasteiger partial charge on any atom is -0.497 e. The van der Waals surface area contributed by atoms with Crippen molar-refractivity contribution in [1.82, 2.24) is 5.32 Å². The van der Waals surface area contributed by atoms with Crippen LogP contribution in [-0.2, 0) is 4.74 Å². The second-order valence-electron chi connectivity index (χ2n) is 5.15. The fourth-order valence-corrected chi connectivity index (χ4v) is 2.78. The van der Waals surface area contributed by atoms with E-state index in [-0.39, 0.29) is 12.5 Å². The zero-order chi connectivity index (χ0) is 13.0. The van der Waals surface area contributed by atoms with Crippen molar-refractivity contribution in [2.45, 2.75) is 56.8 Å². The van der Waals surface area contributed by atoms with Crippen LogP contribution in [0.4, 0.5) is 13.2 Å². The molecule has 0 amide bonds. The molecule has 1 saturated carbocycles. The molecule has 2 nitrogen and oxygen atoms in total. The van der Waals surface area contributed by atoms with Gasteiger partial charge in [-0.2, -0.15) is 13.2 Å². The van der Waals surface area contributed by atoms with E-state index in [0.29, 0.717) is 19.4 Å². The van der Waals surface area contributed by atoms with Gasteiger partial charge in [-0.1, -0.05) is 12.8 Å². The molecule has 5 heteroatoms. The van der Waals surface area contributed by atoms with Crippen LogP contribution in [0.1, 0.15) is 38.5 Å². The third-order valence-electron chi connectivity index (χ3n) is 3.82. The van der Waals surface area contributed by atoms with Gasteiger partial charge in [-0.25, -0.2) is 0 Å². The molecule has 0 bridgehead atoms. The highest BCUT2D eigenvalue weighted by Crippen LogP contribution is 2.37. The molecule has 104 valence electrons. The summed E-state index contributed by atoms with van der Waals surface area (Å²) in [6.45, 7) is 0.515. The molecule has 1 fully saturated rings. The zero-order valence-electron chi connectivity index (χ0n) is 10.4. The lowest BCUT2D eigenvalue weighted by atomic mass is 9.84. The molecule has 0 aromatic rings. The van der Waals surface area contributed by atoms with E-state index in [1.165, 1.54) is 0 Å². The summed E-state index contributed by atoms with van der Waals surface area (Å²) in [5.74, 6) is -1.19. The predicted octanol–water partition coefficient (Wildman–Crippen LogP) is 3.39. The van der Waals surface area contributed by atoms with Crippen LogP contribution in [0.15, 0.2) is 12.3 Å². The lowest BCUT2D eigenvalue weighted by Gasteiger charge is -2.34. The predicted molar refractivity (Wildman–Crippen MR) is 63.1 cm³/mol. The van der Waals surface area contributed by atoms with Crippen LogP contribution in [0.3, 0.4) is 0 Å². The Morgan fingerprint density at radius 1 is 1.17 bits per heavy atom. The molecule has 18 heavy (non-hydrogen) atoms. The Balaban J connectivity index is 1.83. The van der Waals surface area contributed by atoms with E-state index in [0.717, 1.165) is 19.3 Å². The van der Waals surface area contributed by atoms with Crippen molar-refractivity contribution in [3.8, 4) is 0 Å². The fourth-order valence-electron chi connectivity index (χ4n) is 2.78. The van der Waals surface area contributed by atoms with Crippen molar-refractivity contribution in [3.63, 3.8) is 0 Å². The van der Waals surface area contributed by atoms with Crippen molar-refractivity contribution < 1.29 is 17.9 Å². The first kappa shape index (κ1) is 13.7. The quantitative estimate of drug-likeness (QED) is 0.842. The van der Waals surface area contributed by atoms with Crippen LogP contribution in [0.25, 0.3) is 0 Å². The molecule has 2 aliphatic rings. The highest BCUT2D eigenvalue weighted by Gasteiger charge is 2.45. The summed E-state index contributed by atoms with van der Waals surface area (Å²) in [6.07, 6.45) is 3.80. The number of hydrogen-bond donors (Lipinski definition) is 1. The van der Waals surface area contributed by atoms with E-state index in [1.807, 2.05) is 6.08 Å². The van der Waals surface area contributed by atoms with Crippen LogP contribution in [0, 0.1) is 5.92 Å². The molecule has 1 N–H and O–H groups in total. The lowest BCUT2D eigenvalue weighted by Crippen LogP contribution is -2.47. The van der Waals surface area contributed by atoms with E-state index in [2.05, 4.69) is 5.32 Å². The maximum atomic E-state index is 12.9. The first-order valence-corrected chi connectivity index (χ1v) is 6.68. The summed E-state index contributed by atoms with van der Waals surface area (Å²) in [4.78, 5) is 0. The number of rotatable bonds is 3. The van der Waals surface area contributed by atoms with Crippen molar-refractivity contribution >= 4 is 0 Å². The molecule has 3 atom stereocenters. The molecular formula is C13H20F3NO. The molecule has 0 saturated heterocycles. The van der Waals surface area contributed by atoms with E-state index < -0.39 is 18.1 Å². The smallest absolute Gasteiger partial charge is 0.393 e. The van der Waals surface area contributed by atoms with Gasteiger partial charge in [0.1, 0.15) is 6.10 Å². The molecule has 1 aliphatic heterocycles. The average molecular weight is 263 g/mol. The maximum absolute atomic E-state index is 12.9. The van der Waals surface area contributed by atoms with E-state index in [4.69, 9.17) is 4.74 Å². The SMILES string of the molecule is FC(F)(F)C1CCCCC1NCC1CCC=CO1. The molecule has 1 heterocycles. The second kappa shape index (κ2) is 5.95. The van der Waals surface area contributed by atoms with E-state index in [1.54, 1.807) is 6.26 Å². The summed E-state index contributed by atoms with van der Waals surface area (Å²) in [5.41, 5.74) is 0. The number of nitrogens with one attached hydrogen (secondary N) is 1. The Morgan fingerprint density at radius 3 is 2.61 bits per heavy atom. The Morgan fingerprint density at radius 2 is 1.94 bits per heavy atom. The van der Waals surface area contributed by atoms with Gasteiger partial charge in [-0.3, -0.25) is 0 Å². The number of alkyl halides is 3. The standard InChI is InChI=1S/C13H20F3NO/c14-13(15,16)11-6-1-2-7-12(11)17-9-10-5-3-4-8-18-10/h4,8,10-12,17H,1-3,5-7,9H2. The topological polar surface area (TPSA) is 21.3 Å². The minimum atomic E-state index is -4.08. The van der Waals surface area contributed by atoms with Crippen molar-refractivity contribution in [3.05, 3.63) is 12.3 Å². The van der Waals surface area contributed by atoms with Crippen molar-refractivity contribution in [2.75, 3.05) is 6.54 Å². The monoisotopic (exact) mass is 263 g/mol. The highest BCUT2D eigenvalue weighted by molar-refractivity contribution is 4.88. The summed E-state index contributed by atoms with van der Waals surface area (Å²) in [6, 6.07) is -0.437. The van der Waals surface area contributed by atoms with Crippen LogP contribution in [0.5, 0.6) is 0 Å². The third-order valence-corrected chi connectivity index (χ3v) is 3.82. The maximum Gasteiger partial charge on any atom is 0.393 e. The minimum absolute atomic E-state index is 0.0193. The van der Waals surface area contributed by atoms with Gasteiger partial charge in [0.2, 0.25) is 0 Å². The molecule has 0 aromatic heterocycles. The van der Waals surface area contributed by atoms with Crippen molar-refractivity contribution in [2.24, 2.45) is 5.92 Å². The molecule has 1 aliphatic carbocycles. The van der Waals surface area contributed by atoms with Gasteiger partial charge < -0.3 is 10.1 Å². The largest absolute Gasteiger partial charge is 0.497 e. The molecule has 2 rings (SSSR count). The van der Waals surface area contributed by atoms with Crippen LogP contribution >= 0.6 is 0 Å². The first-order valence-electron chi connectivity index (χ1n) is 6.68. The number of halogens is 3. The normalized spacial score (nSPS) is 33.2. The number of ether oxygens (including phenoxy) is 1. The Bertz CT molecular complexity index is 290. The van der Waals surface area contributed by atoms with Crippen molar-refractivity contribution in [1.29, 1.82) is 0 Å². The Hall–Kier alpha value is -0.710. The van der Waals surface area contributed by atoms with Crippen LogP contribution in [0.2, 0.25) is 0 Å². The van der Waals surface area contributed by atoms with E-state index >= 15 is 0 Å². The van der Waals surface area contributed by atoms with Gasteiger partial charge in [-0.15, -0.1) is 0 Å².